The Morgan fingerprint density at radius 2 is 2.44 bits per heavy atom. The highest BCUT2D eigenvalue weighted by Gasteiger charge is 2.17. The van der Waals surface area contributed by atoms with E-state index in [0.717, 1.165) is 25.1 Å². The van der Waals surface area contributed by atoms with Crippen molar-refractivity contribution in [2.45, 2.75) is 18.9 Å². The summed E-state index contributed by atoms with van der Waals surface area (Å²) in [5.74, 6) is 0.698. The lowest BCUT2D eigenvalue weighted by Crippen LogP contribution is -2.37. The molecule has 0 bridgehead atoms. The number of methoxy groups -OCH3 is 1. The van der Waals surface area contributed by atoms with Gasteiger partial charge in [0.05, 0.1) is 13.5 Å². The Balaban J connectivity index is 1.99. The Hall–Kier alpha value is -1.26. The number of carbonyl (C=O) groups excluding carboxylic acids is 1. The molecule has 0 aromatic heterocycles. The lowest BCUT2D eigenvalue weighted by molar-refractivity contribution is -0.121. The lowest BCUT2D eigenvalue weighted by atomic mass is 10.1. The fourth-order valence-electron chi connectivity index (χ4n) is 2.11. The van der Waals surface area contributed by atoms with Crippen LogP contribution in [0, 0.1) is 0 Å². The molecule has 1 aliphatic rings. The number of ether oxygens (including phenoxy) is 1. The highest BCUT2D eigenvalue weighted by atomic mass is 35.5. The van der Waals surface area contributed by atoms with Crippen molar-refractivity contribution in [3.05, 3.63) is 28.8 Å². The van der Waals surface area contributed by atoms with Gasteiger partial charge in [0.15, 0.2) is 0 Å². The third-order valence-electron chi connectivity index (χ3n) is 3.02. The Kier molecular flexibility index (Phi) is 4.44. The van der Waals surface area contributed by atoms with E-state index in [2.05, 4.69) is 10.6 Å². The first kappa shape index (κ1) is 13.2. The first-order valence-corrected chi connectivity index (χ1v) is 6.39. The van der Waals surface area contributed by atoms with Gasteiger partial charge in [0.2, 0.25) is 5.91 Å². The first-order valence-electron chi connectivity index (χ1n) is 6.01. The van der Waals surface area contributed by atoms with E-state index < -0.39 is 0 Å². The standard InChI is InChI=1S/C13H17ClN2O2/c1-18-12-3-2-10(14)6-9(12)7-13(17)16-11-4-5-15-8-11/h2-3,6,11,15H,4-5,7-8H2,1H3,(H,16,17). The van der Waals surface area contributed by atoms with Crippen molar-refractivity contribution >= 4 is 17.5 Å². The van der Waals surface area contributed by atoms with Gasteiger partial charge < -0.3 is 15.4 Å². The van der Waals surface area contributed by atoms with Crippen LogP contribution in [0.2, 0.25) is 5.02 Å². The number of hydrogen-bond acceptors (Lipinski definition) is 3. The van der Waals surface area contributed by atoms with Crippen LogP contribution in [0.4, 0.5) is 0 Å². The van der Waals surface area contributed by atoms with E-state index >= 15 is 0 Å². The molecule has 1 amide bonds. The second kappa shape index (κ2) is 6.07. The van der Waals surface area contributed by atoms with Crippen LogP contribution in [0.5, 0.6) is 5.75 Å². The second-order valence-electron chi connectivity index (χ2n) is 4.39. The fourth-order valence-corrected chi connectivity index (χ4v) is 2.31. The van der Waals surface area contributed by atoms with E-state index in [9.17, 15) is 4.79 Å². The molecule has 0 saturated carbocycles. The van der Waals surface area contributed by atoms with Crippen molar-refractivity contribution in [3.63, 3.8) is 0 Å². The van der Waals surface area contributed by atoms with E-state index in [4.69, 9.17) is 16.3 Å². The van der Waals surface area contributed by atoms with Gasteiger partial charge in [-0.1, -0.05) is 11.6 Å². The van der Waals surface area contributed by atoms with Gasteiger partial charge in [0.1, 0.15) is 5.75 Å². The summed E-state index contributed by atoms with van der Waals surface area (Å²) in [6.07, 6.45) is 1.28. The second-order valence-corrected chi connectivity index (χ2v) is 4.83. The normalized spacial score (nSPS) is 18.7. The minimum Gasteiger partial charge on any atom is -0.496 e. The maximum atomic E-state index is 11.9. The summed E-state index contributed by atoms with van der Waals surface area (Å²) < 4.78 is 5.22. The van der Waals surface area contributed by atoms with Crippen molar-refractivity contribution in [1.29, 1.82) is 0 Å². The predicted octanol–water partition coefficient (Wildman–Crippen LogP) is 1.37. The number of benzene rings is 1. The molecule has 0 aliphatic carbocycles. The van der Waals surface area contributed by atoms with Crippen LogP contribution < -0.4 is 15.4 Å². The highest BCUT2D eigenvalue weighted by Crippen LogP contribution is 2.23. The Morgan fingerprint density at radius 1 is 1.61 bits per heavy atom. The summed E-state index contributed by atoms with van der Waals surface area (Å²) in [5.41, 5.74) is 0.813. The fraction of sp³-hybridized carbons (Fsp3) is 0.462. The number of amides is 1. The first-order chi connectivity index (χ1) is 8.69. The molecular weight excluding hydrogens is 252 g/mol. The van der Waals surface area contributed by atoms with E-state index in [1.807, 2.05) is 0 Å². The largest absolute Gasteiger partial charge is 0.496 e. The minimum absolute atomic E-state index is 0.00395. The van der Waals surface area contributed by atoms with Gasteiger partial charge in [-0.25, -0.2) is 0 Å². The molecule has 1 saturated heterocycles. The van der Waals surface area contributed by atoms with E-state index in [-0.39, 0.29) is 11.9 Å². The van der Waals surface area contributed by atoms with Crippen molar-refractivity contribution < 1.29 is 9.53 Å². The van der Waals surface area contributed by atoms with Crippen LogP contribution in [-0.4, -0.2) is 32.1 Å². The molecule has 0 spiro atoms. The molecule has 1 fully saturated rings. The van der Waals surface area contributed by atoms with Crippen molar-refractivity contribution in [1.82, 2.24) is 10.6 Å². The highest BCUT2D eigenvalue weighted by molar-refractivity contribution is 6.30. The van der Waals surface area contributed by atoms with Crippen molar-refractivity contribution in [2.75, 3.05) is 20.2 Å². The molecule has 5 heteroatoms. The molecule has 1 heterocycles. The summed E-state index contributed by atoms with van der Waals surface area (Å²) in [7, 11) is 1.59. The molecule has 1 atom stereocenters. The molecule has 0 radical (unpaired) electrons. The summed E-state index contributed by atoms with van der Waals surface area (Å²) in [6.45, 7) is 1.81. The van der Waals surface area contributed by atoms with Crippen LogP contribution in [0.15, 0.2) is 18.2 Å². The lowest BCUT2D eigenvalue weighted by Gasteiger charge is -2.13. The van der Waals surface area contributed by atoms with E-state index in [0.29, 0.717) is 17.2 Å². The Labute approximate surface area is 112 Å². The third-order valence-corrected chi connectivity index (χ3v) is 3.25. The van der Waals surface area contributed by atoms with Gasteiger partial charge in [0, 0.05) is 23.2 Å². The maximum Gasteiger partial charge on any atom is 0.224 e. The van der Waals surface area contributed by atoms with Gasteiger partial charge in [-0.05, 0) is 31.2 Å². The van der Waals surface area contributed by atoms with Crippen LogP contribution in [0.1, 0.15) is 12.0 Å². The summed E-state index contributed by atoms with van der Waals surface area (Å²) >= 11 is 5.93. The van der Waals surface area contributed by atoms with Crippen LogP contribution in [0.25, 0.3) is 0 Å². The number of rotatable bonds is 4. The molecule has 2 rings (SSSR count). The Morgan fingerprint density at radius 3 is 3.11 bits per heavy atom. The van der Waals surface area contributed by atoms with Gasteiger partial charge in [-0.15, -0.1) is 0 Å². The molecule has 98 valence electrons. The summed E-state index contributed by atoms with van der Waals surface area (Å²) in [5, 5.41) is 6.82. The SMILES string of the molecule is COc1ccc(Cl)cc1CC(=O)NC1CCNC1. The third kappa shape index (κ3) is 3.37. The number of hydrogen-bond donors (Lipinski definition) is 2. The molecule has 1 aromatic carbocycles. The summed E-state index contributed by atoms with van der Waals surface area (Å²) in [4.78, 5) is 11.9. The van der Waals surface area contributed by atoms with E-state index in [1.165, 1.54) is 0 Å². The van der Waals surface area contributed by atoms with Crippen LogP contribution in [-0.2, 0) is 11.2 Å². The van der Waals surface area contributed by atoms with Gasteiger partial charge in [0.25, 0.3) is 0 Å². The monoisotopic (exact) mass is 268 g/mol. The minimum atomic E-state index is 0.00395. The number of carbonyl (C=O) groups is 1. The average Bonchev–Trinajstić information content (AvgIpc) is 2.82. The van der Waals surface area contributed by atoms with Crippen LogP contribution >= 0.6 is 11.6 Å². The number of nitrogens with one attached hydrogen (secondary N) is 2. The van der Waals surface area contributed by atoms with Gasteiger partial charge >= 0.3 is 0 Å². The molecular formula is C13H17ClN2O2. The van der Waals surface area contributed by atoms with E-state index in [1.54, 1.807) is 25.3 Å². The zero-order chi connectivity index (χ0) is 13.0. The maximum absolute atomic E-state index is 11.9. The van der Waals surface area contributed by atoms with Gasteiger partial charge in [-0.2, -0.15) is 0 Å². The van der Waals surface area contributed by atoms with Gasteiger partial charge in [-0.3, -0.25) is 4.79 Å². The average molecular weight is 269 g/mol. The molecule has 1 aromatic rings. The Bertz CT molecular complexity index is 431. The topological polar surface area (TPSA) is 50.4 Å². The molecule has 4 nitrogen and oxygen atoms in total. The molecule has 2 N–H and O–H groups in total. The number of halogens is 1. The summed E-state index contributed by atoms with van der Waals surface area (Å²) in [6, 6.07) is 5.54. The smallest absolute Gasteiger partial charge is 0.224 e. The molecule has 18 heavy (non-hydrogen) atoms. The zero-order valence-corrected chi connectivity index (χ0v) is 11.1. The van der Waals surface area contributed by atoms with Crippen molar-refractivity contribution in [2.24, 2.45) is 0 Å². The molecule has 1 aliphatic heterocycles. The predicted molar refractivity (Wildman–Crippen MR) is 71.1 cm³/mol. The van der Waals surface area contributed by atoms with Crippen molar-refractivity contribution in [3.8, 4) is 5.75 Å². The quantitative estimate of drug-likeness (QED) is 0.867. The molecule has 1 unspecified atom stereocenters. The van der Waals surface area contributed by atoms with Crippen LogP contribution in [0.3, 0.4) is 0 Å². The zero-order valence-electron chi connectivity index (χ0n) is 10.3.